The Bertz CT molecular complexity index is 1770. The Hall–Kier alpha value is -3.49. The van der Waals surface area contributed by atoms with Gasteiger partial charge in [-0.1, -0.05) is 26.0 Å². The minimum Gasteiger partial charge on any atom is -0.496 e. The Kier molecular flexibility index (Phi) is 12.0. The fraction of sp³-hybridized carbons (Fsp3) is 0.683. The van der Waals surface area contributed by atoms with Crippen LogP contribution in [0.15, 0.2) is 23.6 Å². The van der Waals surface area contributed by atoms with E-state index in [9.17, 15) is 19.2 Å². The first-order valence-electron chi connectivity index (χ1n) is 19.2. The van der Waals surface area contributed by atoms with Crippen LogP contribution in [0.2, 0.25) is 5.82 Å². The molecule has 2 heterocycles. The topological polar surface area (TPSA) is 149 Å². The third-order valence-electron chi connectivity index (χ3n) is 10.8. The van der Waals surface area contributed by atoms with Crippen LogP contribution in [0.3, 0.4) is 0 Å². The average Bonchev–Trinajstić information content (AvgIpc) is 3.63. The van der Waals surface area contributed by atoms with Gasteiger partial charge in [-0.3, -0.25) is 9.59 Å². The predicted molar refractivity (Wildman–Crippen MR) is 209 cm³/mol. The molecule has 0 spiro atoms. The lowest BCUT2D eigenvalue weighted by atomic mass is 9.43. The van der Waals surface area contributed by atoms with Gasteiger partial charge >= 0.3 is 25.2 Å². The van der Waals surface area contributed by atoms with Crippen molar-refractivity contribution in [3.05, 3.63) is 45.4 Å². The molecule has 55 heavy (non-hydrogen) atoms. The summed E-state index contributed by atoms with van der Waals surface area (Å²) in [6.07, 6.45) is 1.05. The van der Waals surface area contributed by atoms with Gasteiger partial charge < -0.3 is 33.6 Å². The lowest BCUT2D eigenvalue weighted by Crippen LogP contribution is -2.65. The quantitative estimate of drug-likeness (QED) is 0.127. The van der Waals surface area contributed by atoms with Crippen molar-refractivity contribution < 1.29 is 47.4 Å². The van der Waals surface area contributed by atoms with Crippen molar-refractivity contribution >= 4 is 42.3 Å². The highest BCUT2D eigenvalue weighted by molar-refractivity contribution is 7.09. The zero-order valence-corrected chi connectivity index (χ0v) is 35.6. The van der Waals surface area contributed by atoms with Crippen LogP contribution in [0.1, 0.15) is 135 Å². The average molecular weight is 783 g/mol. The molecule has 1 saturated heterocycles. The maximum Gasteiger partial charge on any atom is 0.461 e. The van der Waals surface area contributed by atoms with E-state index >= 15 is 0 Å². The van der Waals surface area contributed by atoms with Crippen molar-refractivity contribution in [2.24, 2.45) is 17.3 Å². The summed E-state index contributed by atoms with van der Waals surface area (Å²) in [6.45, 7) is 22.7. The van der Waals surface area contributed by atoms with E-state index in [4.69, 9.17) is 28.3 Å². The molecule has 1 N–H and O–H groups in total. The van der Waals surface area contributed by atoms with Crippen molar-refractivity contribution in [3.8, 4) is 5.75 Å². The van der Waals surface area contributed by atoms with E-state index in [1.54, 1.807) is 79.8 Å². The van der Waals surface area contributed by atoms with E-state index < -0.39 is 59.4 Å². The number of aromatic nitrogens is 1. The summed E-state index contributed by atoms with van der Waals surface area (Å²) < 4.78 is 36.3. The number of alkyl carbamates (subject to hydrolysis) is 1. The fourth-order valence-electron chi connectivity index (χ4n) is 8.29. The number of rotatable bonds is 12. The number of nitrogens with one attached hydrogen (secondary N) is 1. The fourth-order valence-corrected chi connectivity index (χ4v) is 9.09. The molecule has 4 fully saturated rings. The number of Topliss-reactive ketones (excluding diaryl/α,β-unsaturated/α-hetero) is 1. The maximum atomic E-state index is 14.7. The number of ketones is 1. The number of ether oxygens (including phenoxy) is 4. The van der Waals surface area contributed by atoms with Crippen molar-refractivity contribution in [1.29, 1.82) is 0 Å². The summed E-state index contributed by atoms with van der Waals surface area (Å²) in [4.78, 5) is 58.5. The number of amides is 1. The Balaban J connectivity index is 1.49. The van der Waals surface area contributed by atoms with Gasteiger partial charge in [0.25, 0.3) is 0 Å². The normalized spacial score (nSPS) is 24.2. The molecule has 1 unspecified atom stereocenters. The van der Waals surface area contributed by atoms with Gasteiger partial charge in [0.05, 0.1) is 30.9 Å². The van der Waals surface area contributed by atoms with Crippen molar-refractivity contribution in [3.63, 3.8) is 0 Å². The summed E-state index contributed by atoms with van der Waals surface area (Å²) in [5, 5.41) is 4.86. The summed E-state index contributed by atoms with van der Waals surface area (Å²) in [5.41, 5.74) is -1.46. The molecule has 3 aliphatic carbocycles. The van der Waals surface area contributed by atoms with Crippen LogP contribution in [0.4, 0.5) is 4.79 Å². The van der Waals surface area contributed by atoms with E-state index in [-0.39, 0.29) is 53.7 Å². The maximum absolute atomic E-state index is 14.7. The lowest BCUT2D eigenvalue weighted by molar-refractivity contribution is -0.199. The van der Waals surface area contributed by atoms with E-state index in [0.717, 1.165) is 12.8 Å². The van der Waals surface area contributed by atoms with Gasteiger partial charge in [0.2, 0.25) is 0 Å². The molecular formula is C41H59BN2O10S. The van der Waals surface area contributed by atoms with E-state index in [1.807, 2.05) is 6.07 Å². The summed E-state index contributed by atoms with van der Waals surface area (Å²) in [7, 11) is 0.724. The van der Waals surface area contributed by atoms with Gasteiger partial charge in [-0.25, -0.2) is 14.6 Å². The highest BCUT2D eigenvalue weighted by Crippen LogP contribution is 2.66. The zero-order chi connectivity index (χ0) is 40.9. The first-order chi connectivity index (χ1) is 25.3. The predicted octanol–water partition coefficient (Wildman–Crippen LogP) is 7.86. The highest BCUT2D eigenvalue weighted by atomic mass is 32.1. The van der Waals surface area contributed by atoms with Gasteiger partial charge in [0.1, 0.15) is 39.2 Å². The smallest absolute Gasteiger partial charge is 0.461 e. The molecule has 6 rings (SSSR count). The molecule has 12 nitrogen and oxygen atoms in total. The Morgan fingerprint density at radius 3 is 2.22 bits per heavy atom. The second-order valence-electron chi connectivity index (χ2n) is 19.0. The molecule has 14 heteroatoms. The van der Waals surface area contributed by atoms with Crippen LogP contribution in [0, 0.1) is 17.3 Å². The number of thiazole rings is 1. The molecule has 6 atom stereocenters. The third-order valence-corrected chi connectivity index (χ3v) is 11.6. The van der Waals surface area contributed by atoms with Crippen LogP contribution in [0.5, 0.6) is 5.75 Å². The van der Waals surface area contributed by atoms with E-state index in [1.165, 1.54) is 18.4 Å². The van der Waals surface area contributed by atoms with Crippen molar-refractivity contribution in [1.82, 2.24) is 10.3 Å². The minimum absolute atomic E-state index is 0.0894. The van der Waals surface area contributed by atoms with Gasteiger partial charge in [0.15, 0.2) is 5.78 Å². The summed E-state index contributed by atoms with van der Waals surface area (Å²) in [5.74, 6) is -0.759. The van der Waals surface area contributed by atoms with Crippen LogP contribution in [-0.2, 0) is 46.0 Å². The van der Waals surface area contributed by atoms with Gasteiger partial charge in [-0.05, 0) is 117 Å². The molecule has 302 valence electrons. The van der Waals surface area contributed by atoms with Gasteiger partial charge in [-0.15, -0.1) is 11.3 Å². The number of para-hydroxylation sites is 1. The largest absolute Gasteiger partial charge is 0.496 e. The summed E-state index contributed by atoms with van der Waals surface area (Å²) >= 11 is 1.20. The molecule has 1 aromatic carbocycles. The second-order valence-corrected chi connectivity index (χ2v) is 19.9. The molecule has 2 aromatic rings. The molecule has 1 aliphatic heterocycles. The van der Waals surface area contributed by atoms with Crippen LogP contribution in [-0.4, -0.2) is 71.5 Å². The number of nitrogens with zero attached hydrogens (tertiary/aromatic N) is 1. The van der Waals surface area contributed by atoms with Gasteiger partial charge in [-0.2, -0.15) is 0 Å². The highest BCUT2D eigenvalue weighted by Gasteiger charge is 2.68. The summed E-state index contributed by atoms with van der Waals surface area (Å²) in [6, 6.07) is 4.07. The zero-order valence-electron chi connectivity index (χ0n) is 34.7. The lowest BCUT2D eigenvalue weighted by Gasteiger charge is -2.64. The first-order valence-corrected chi connectivity index (χ1v) is 20.1. The first kappa shape index (κ1) is 42.7. The van der Waals surface area contributed by atoms with Crippen LogP contribution in [0.25, 0.3) is 0 Å². The number of methoxy groups -OCH3 is 1. The number of carbonyl (C=O) groups excluding carboxylic acids is 4. The number of hydrogen-bond acceptors (Lipinski definition) is 12. The number of esters is 2. The monoisotopic (exact) mass is 782 g/mol. The molecule has 4 aliphatic rings. The standard InChI is InChI=1S/C41H59BN2O10S/c1-37(2,3)50-32(46)21-31-43-27(22-55-31)33(44-36(48)52-39(7,8)9)28(45)20-25(42-53-30-19-24-18-29(40(24,10)11)41(30,12)54-42)17-23-15-14-16-26(34(23)49-13)35(47)51-38(4,5)6/h14-16,22,24-25,29-30,33H,17-21H2,1-13H3,(H,44,48)/t24-,25+,29-,30+,33?,41-/m0/s1. The third kappa shape index (κ3) is 9.91. The van der Waals surface area contributed by atoms with Crippen molar-refractivity contribution in [2.45, 2.75) is 156 Å². The van der Waals surface area contributed by atoms with Crippen LogP contribution >= 0.6 is 11.3 Å². The molecule has 3 saturated carbocycles. The second kappa shape index (κ2) is 15.5. The number of carbonyl (C=O) groups is 4. The van der Waals surface area contributed by atoms with Crippen LogP contribution < -0.4 is 10.1 Å². The Morgan fingerprint density at radius 2 is 1.62 bits per heavy atom. The molecule has 1 amide bonds. The van der Waals surface area contributed by atoms with E-state index in [0.29, 0.717) is 22.2 Å². The molecule has 1 aromatic heterocycles. The Morgan fingerprint density at radius 1 is 0.964 bits per heavy atom. The Labute approximate surface area is 330 Å². The van der Waals surface area contributed by atoms with E-state index in [2.05, 4.69) is 31.1 Å². The minimum atomic E-state index is -1.21. The molecule has 0 radical (unpaired) electrons. The van der Waals surface area contributed by atoms with Crippen molar-refractivity contribution in [2.75, 3.05) is 7.11 Å². The molecule has 2 bridgehead atoms. The van der Waals surface area contributed by atoms with Gasteiger partial charge in [0, 0.05) is 17.6 Å². The SMILES string of the molecule is COc1c(C[C@H](CC(=O)C(NC(=O)OC(C)(C)C)c2csc(CC(=O)OC(C)(C)C)n2)B2O[C@@H]3C[C@@H]4C[C@@H](C4(C)C)[C@]3(C)O2)cccc1C(=O)OC(C)(C)C. The molecular weight excluding hydrogens is 723 g/mol. The number of hydrogen-bond donors (Lipinski definition) is 1. The number of benzene rings is 1.